The zero-order valence-corrected chi connectivity index (χ0v) is 12.0. The molecule has 0 saturated heterocycles. The van der Waals surface area contributed by atoms with Gasteiger partial charge >= 0.3 is 0 Å². The number of rotatable bonds is 1. The van der Waals surface area contributed by atoms with Crippen molar-refractivity contribution in [2.75, 3.05) is 11.9 Å². The fraction of sp³-hybridized carbons (Fsp3) is 0.250. The summed E-state index contributed by atoms with van der Waals surface area (Å²) in [5, 5.41) is 10.8. The SMILES string of the molecule is CC1CCNc2cnc(-c3n[nH]c4cc(F)c(F)cc34)cc21. The largest absolute Gasteiger partial charge is 0.384 e. The van der Waals surface area contributed by atoms with Crippen molar-refractivity contribution in [3.63, 3.8) is 0 Å². The van der Waals surface area contributed by atoms with Crippen LogP contribution in [0.25, 0.3) is 22.3 Å². The Morgan fingerprint density at radius 1 is 1.18 bits per heavy atom. The number of hydrogen-bond acceptors (Lipinski definition) is 3. The molecule has 0 spiro atoms. The monoisotopic (exact) mass is 300 g/mol. The average molecular weight is 300 g/mol. The van der Waals surface area contributed by atoms with Gasteiger partial charge in [0, 0.05) is 18.0 Å². The predicted octanol–water partition coefficient (Wildman–Crippen LogP) is 3.82. The smallest absolute Gasteiger partial charge is 0.160 e. The maximum Gasteiger partial charge on any atom is 0.160 e. The molecule has 0 bridgehead atoms. The van der Waals surface area contributed by atoms with Gasteiger partial charge in [-0.05, 0) is 30.0 Å². The minimum absolute atomic E-state index is 0.428. The summed E-state index contributed by atoms with van der Waals surface area (Å²) >= 11 is 0. The number of benzene rings is 1. The summed E-state index contributed by atoms with van der Waals surface area (Å²) in [5.74, 6) is -1.35. The fourth-order valence-corrected chi connectivity index (χ4v) is 2.94. The molecular weight excluding hydrogens is 286 g/mol. The molecule has 1 aliphatic heterocycles. The van der Waals surface area contributed by atoms with Crippen LogP contribution in [0.4, 0.5) is 14.5 Å². The van der Waals surface area contributed by atoms with E-state index in [9.17, 15) is 8.78 Å². The van der Waals surface area contributed by atoms with Gasteiger partial charge in [0.15, 0.2) is 11.6 Å². The lowest BCUT2D eigenvalue weighted by molar-refractivity contribution is 0.511. The van der Waals surface area contributed by atoms with Gasteiger partial charge in [-0.3, -0.25) is 10.1 Å². The summed E-state index contributed by atoms with van der Waals surface area (Å²) in [6, 6.07) is 4.25. The third-order valence-electron chi connectivity index (χ3n) is 4.21. The topological polar surface area (TPSA) is 53.6 Å². The number of nitrogens with one attached hydrogen (secondary N) is 2. The van der Waals surface area contributed by atoms with Crippen LogP contribution in [0.5, 0.6) is 0 Å². The molecule has 0 aliphatic carbocycles. The molecule has 1 unspecified atom stereocenters. The Balaban J connectivity index is 1.89. The number of aromatic amines is 1. The molecule has 1 atom stereocenters. The van der Waals surface area contributed by atoms with Gasteiger partial charge in [0.2, 0.25) is 0 Å². The van der Waals surface area contributed by atoms with E-state index in [2.05, 4.69) is 27.4 Å². The molecule has 0 radical (unpaired) electrons. The molecule has 3 aromatic rings. The molecule has 22 heavy (non-hydrogen) atoms. The van der Waals surface area contributed by atoms with E-state index in [0.29, 0.717) is 28.2 Å². The third-order valence-corrected chi connectivity index (χ3v) is 4.21. The molecule has 2 N–H and O–H groups in total. The second kappa shape index (κ2) is 4.76. The van der Waals surface area contributed by atoms with Gasteiger partial charge in [-0.15, -0.1) is 0 Å². The Hall–Kier alpha value is -2.50. The standard InChI is InChI=1S/C16H14F2N4/c1-8-2-3-19-15-7-20-14(5-9(8)15)16-10-4-11(17)12(18)6-13(10)21-22-16/h4-8,19H,2-3H2,1H3,(H,21,22). The van der Waals surface area contributed by atoms with Crippen molar-refractivity contribution in [1.29, 1.82) is 0 Å². The van der Waals surface area contributed by atoms with Crippen molar-refractivity contribution in [3.05, 3.63) is 41.6 Å². The maximum atomic E-state index is 13.5. The van der Waals surface area contributed by atoms with Crippen LogP contribution in [0, 0.1) is 11.6 Å². The summed E-state index contributed by atoms with van der Waals surface area (Å²) in [4.78, 5) is 4.41. The lowest BCUT2D eigenvalue weighted by Crippen LogP contribution is -2.15. The minimum Gasteiger partial charge on any atom is -0.384 e. The molecule has 3 heterocycles. The second-order valence-electron chi connectivity index (χ2n) is 5.66. The summed E-state index contributed by atoms with van der Waals surface area (Å²) in [6.07, 6.45) is 2.83. The number of H-pyrrole nitrogens is 1. The average Bonchev–Trinajstić information content (AvgIpc) is 2.91. The van der Waals surface area contributed by atoms with E-state index in [1.165, 1.54) is 5.56 Å². The first-order valence-electron chi connectivity index (χ1n) is 7.21. The van der Waals surface area contributed by atoms with Gasteiger partial charge < -0.3 is 5.32 Å². The molecule has 0 saturated carbocycles. The van der Waals surface area contributed by atoms with E-state index in [4.69, 9.17) is 0 Å². The highest BCUT2D eigenvalue weighted by atomic mass is 19.2. The fourth-order valence-electron chi connectivity index (χ4n) is 2.94. The Bertz CT molecular complexity index is 872. The molecule has 112 valence electrons. The van der Waals surface area contributed by atoms with Crippen LogP contribution in [0.3, 0.4) is 0 Å². The molecule has 2 aromatic heterocycles. The van der Waals surface area contributed by atoms with Crippen LogP contribution in [0.2, 0.25) is 0 Å². The first-order chi connectivity index (χ1) is 10.6. The van der Waals surface area contributed by atoms with Crippen molar-refractivity contribution in [2.24, 2.45) is 0 Å². The van der Waals surface area contributed by atoms with E-state index in [1.807, 2.05) is 6.07 Å². The molecule has 0 fully saturated rings. The van der Waals surface area contributed by atoms with E-state index in [-0.39, 0.29) is 0 Å². The van der Waals surface area contributed by atoms with Crippen LogP contribution in [0.1, 0.15) is 24.8 Å². The number of fused-ring (bicyclic) bond motifs is 2. The Morgan fingerprint density at radius 2 is 2.00 bits per heavy atom. The predicted molar refractivity (Wildman–Crippen MR) is 80.8 cm³/mol. The van der Waals surface area contributed by atoms with E-state index >= 15 is 0 Å². The normalized spacial score (nSPS) is 17.3. The lowest BCUT2D eigenvalue weighted by Gasteiger charge is -2.23. The van der Waals surface area contributed by atoms with E-state index in [0.717, 1.165) is 30.8 Å². The highest BCUT2D eigenvalue weighted by Crippen LogP contribution is 2.34. The van der Waals surface area contributed by atoms with E-state index in [1.54, 1.807) is 6.20 Å². The quantitative estimate of drug-likeness (QED) is 0.718. The minimum atomic E-state index is -0.890. The van der Waals surface area contributed by atoms with Crippen molar-refractivity contribution in [2.45, 2.75) is 19.3 Å². The summed E-state index contributed by atoms with van der Waals surface area (Å²) in [6.45, 7) is 3.10. The summed E-state index contributed by atoms with van der Waals surface area (Å²) in [7, 11) is 0. The van der Waals surface area contributed by atoms with Crippen LogP contribution in [-0.2, 0) is 0 Å². The first-order valence-corrected chi connectivity index (χ1v) is 7.21. The van der Waals surface area contributed by atoms with Crippen molar-refractivity contribution in [3.8, 4) is 11.4 Å². The van der Waals surface area contributed by atoms with Gasteiger partial charge in [0.1, 0.15) is 5.69 Å². The van der Waals surface area contributed by atoms with Crippen molar-refractivity contribution < 1.29 is 8.78 Å². The zero-order chi connectivity index (χ0) is 15.3. The van der Waals surface area contributed by atoms with Gasteiger partial charge in [-0.1, -0.05) is 6.92 Å². The number of aromatic nitrogens is 3. The molecule has 1 aromatic carbocycles. The van der Waals surface area contributed by atoms with Crippen molar-refractivity contribution in [1.82, 2.24) is 15.2 Å². The number of anilines is 1. The van der Waals surface area contributed by atoms with Crippen molar-refractivity contribution >= 4 is 16.6 Å². The van der Waals surface area contributed by atoms with Gasteiger partial charge in [-0.2, -0.15) is 5.10 Å². The molecule has 4 rings (SSSR count). The molecular formula is C16H14F2N4. The van der Waals surface area contributed by atoms with Crippen LogP contribution in [-0.4, -0.2) is 21.7 Å². The lowest BCUT2D eigenvalue weighted by atomic mass is 9.93. The third kappa shape index (κ3) is 1.94. The van der Waals surface area contributed by atoms with Gasteiger partial charge in [0.05, 0.1) is 23.1 Å². The molecule has 4 nitrogen and oxygen atoms in total. The number of nitrogens with zero attached hydrogens (tertiary/aromatic N) is 2. The van der Waals surface area contributed by atoms with Gasteiger partial charge in [0.25, 0.3) is 0 Å². The Kier molecular flexibility index (Phi) is 2.85. The number of halogens is 2. The first kappa shape index (κ1) is 13.2. The zero-order valence-electron chi connectivity index (χ0n) is 12.0. The second-order valence-corrected chi connectivity index (χ2v) is 5.66. The highest BCUT2D eigenvalue weighted by Gasteiger charge is 2.19. The molecule has 6 heteroatoms. The maximum absolute atomic E-state index is 13.5. The molecule has 1 aliphatic rings. The summed E-state index contributed by atoms with van der Waals surface area (Å²) < 4.78 is 26.8. The Labute approximate surface area is 125 Å². The van der Waals surface area contributed by atoms with Crippen LogP contribution in [0.15, 0.2) is 24.4 Å². The molecule has 0 amide bonds. The van der Waals surface area contributed by atoms with E-state index < -0.39 is 11.6 Å². The highest BCUT2D eigenvalue weighted by molar-refractivity contribution is 5.92. The van der Waals surface area contributed by atoms with Crippen LogP contribution < -0.4 is 5.32 Å². The number of pyridine rings is 1. The number of hydrogen-bond donors (Lipinski definition) is 2. The van der Waals surface area contributed by atoms with Crippen LogP contribution >= 0.6 is 0 Å². The van der Waals surface area contributed by atoms with Gasteiger partial charge in [-0.25, -0.2) is 8.78 Å². The summed E-state index contributed by atoms with van der Waals surface area (Å²) in [5.41, 5.74) is 3.86. The Morgan fingerprint density at radius 3 is 2.86 bits per heavy atom.